The maximum Gasteiger partial charge on any atom is 0.270 e. The van der Waals surface area contributed by atoms with Gasteiger partial charge in [-0.05, 0) is 48.7 Å². The van der Waals surface area contributed by atoms with Crippen LogP contribution in [0.15, 0.2) is 54.6 Å². The first-order valence-corrected chi connectivity index (χ1v) is 9.28. The molecule has 3 rings (SSSR count). The van der Waals surface area contributed by atoms with Gasteiger partial charge in [0.15, 0.2) is 0 Å². The van der Waals surface area contributed by atoms with Crippen molar-refractivity contribution in [1.82, 2.24) is 15.3 Å². The molecule has 6 nitrogen and oxygen atoms in total. The third kappa shape index (κ3) is 6.00. The maximum absolute atomic E-state index is 13.0. The number of hydrogen-bond acceptors (Lipinski definition) is 5. The predicted octanol–water partition coefficient (Wildman–Crippen LogP) is 3.52. The van der Waals surface area contributed by atoms with E-state index in [4.69, 9.17) is 4.74 Å². The molecule has 0 spiro atoms. The van der Waals surface area contributed by atoms with Gasteiger partial charge in [-0.15, -0.1) is 0 Å². The van der Waals surface area contributed by atoms with Crippen LogP contribution in [0.1, 0.15) is 27.4 Å². The van der Waals surface area contributed by atoms with Crippen molar-refractivity contribution in [3.63, 3.8) is 0 Å². The molecule has 0 aliphatic carbocycles. The van der Waals surface area contributed by atoms with E-state index < -0.39 is 0 Å². The van der Waals surface area contributed by atoms with Gasteiger partial charge in [0.2, 0.25) is 0 Å². The van der Waals surface area contributed by atoms with Gasteiger partial charge in [-0.3, -0.25) is 4.79 Å². The average molecular weight is 394 g/mol. The van der Waals surface area contributed by atoms with Crippen LogP contribution in [0.25, 0.3) is 0 Å². The average Bonchev–Trinajstić information content (AvgIpc) is 2.73. The Kier molecular flexibility index (Phi) is 6.73. The van der Waals surface area contributed by atoms with Gasteiger partial charge in [-0.1, -0.05) is 24.3 Å². The number of rotatable bonds is 8. The van der Waals surface area contributed by atoms with Gasteiger partial charge in [0.1, 0.15) is 28.9 Å². The smallest absolute Gasteiger partial charge is 0.270 e. The van der Waals surface area contributed by atoms with Crippen molar-refractivity contribution in [3.05, 3.63) is 83.1 Å². The van der Waals surface area contributed by atoms with E-state index in [0.717, 1.165) is 17.7 Å². The minimum Gasteiger partial charge on any atom is -0.497 e. The van der Waals surface area contributed by atoms with Crippen molar-refractivity contribution in [1.29, 1.82) is 0 Å². The van der Waals surface area contributed by atoms with E-state index in [1.807, 2.05) is 24.3 Å². The van der Waals surface area contributed by atoms with Crippen molar-refractivity contribution >= 4 is 11.7 Å². The maximum atomic E-state index is 13.0. The van der Waals surface area contributed by atoms with Gasteiger partial charge >= 0.3 is 0 Å². The summed E-state index contributed by atoms with van der Waals surface area (Å²) in [6.45, 7) is 2.70. The lowest BCUT2D eigenvalue weighted by molar-refractivity contribution is 0.0945. The van der Waals surface area contributed by atoms with Crippen molar-refractivity contribution in [3.8, 4) is 5.75 Å². The summed E-state index contributed by atoms with van der Waals surface area (Å²) in [6, 6.07) is 15.5. The third-order valence-corrected chi connectivity index (χ3v) is 4.32. The van der Waals surface area contributed by atoms with Crippen molar-refractivity contribution < 1.29 is 13.9 Å². The number of anilines is 1. The lowest BCUT2D eigenvalue weighted by atomic mass is 10.1. The van der Waals surface area contributed by atoms with Gasteiger partial charge in [0.25, 0.3) is 5.91 Å². The summed E-state index contributed by atoms with van der Waals surface area (Å²) >= 11 is 0. The van der Waals surface area contributed by atoms with Gasteiger partial charge in [-0.25, -0.2) is 14.4 Å². The van der Waals surface area contributed by atoms with Crippen LogP contribution in [0.3, 0.4) is 0 Å². The predicted molar refractivity (Wildman–Crippen MR) is 110 cm³/mol. The van der Waals surface area contributed by atoms with E-state index in [0.29, 0.717) is 24.7 Å². The number of carbonyl (C=O) groups excluding carboxylic acids is 1. The molecule has 0 saturated heterocycles. The summed E-state index contributed by atoms with van der Waals surface area (Å²) in [5, 5.41) is 6.02. The lowest BCUT2D eigenvalue weighted by Gasteiger charge is -2.10. The Morgan fingerprint density at radius 2 is 1.72 bits per heavy atom. The first-order chi connectivity index (χ1) is 14.0. The highest BCUT2D eigenvalue weighted by molar-refractivity contribution is 5.92. The first-order valence-electron chi connectivity index (χ1n) is 9.28. The van der Waals surface area contributed by atoms with Crippen LogP contribution in [0.2, 0.25) is 0 Å². The highest BCUT2D eigenvalue weighted by atomic mass is 19.1. The molecular weight excluding hydrogens is 371 g/mol. The summed E-state index contributed by atoms with van der Waals surface area (Å²) in [5.41, 5.74) is 2.26. The molecule has 0 aliphatic rings. The summed E-state index contributed by atoms with van der Waals surface area (Å²) in [7, 11) is 1.64. The van der Waals surface area contributed by atoms with Crippen molar-refractivity contribution in [2.24, 2.45) is 0 Å². The lowest BCUT2D eigenvalue weighted by Crippen LogP contribution is -2.24. The molecule has 0 radical (unpaired) electrons. The van der Waals surface area contributed by atoms with Crippen LogP contribution in [0.5, 0.6) is 5.75 Å². The number of aromatic nitrogens is 2. The van der Waals surface area contributed by atoms with Gasteiger partial charge in [0, 0.05) is 19.2 Å². The molecule has 150 valence electrons. The van der Waals surface area contributed by atoms with E-state index in [-0.39, 0.29) is 17.4 Å². The SMILES string of the molecule is COc1ccc(CCNc2cc(C(=O)NCc3ccc(F)cc3)nc(C)n2)cc1. The molecule has 1 amide bonds. The Morgan fingerprint density at radius 3 is 2.41 bits per heavy atom. The highest BCUT2D eigenvalue weighted by Gasteiger charge is 2.10. The molecule has 0 fully saturated rings. The van der Waals surface area contributed by atoms with Crippen LogP contribution in [-0.2, 0) is 13.0 Å². The summed E-state index contributed by atoms with van der Waals surface area (Å²) in [4.78, 5) is 21.0. The Balaban J connectivity index is 1.56. The van der Waals surface area contributed by atoms with Crippen LogP contribution < -0.4 is 15.4 Å². The quantitative estimate of drug-likeness (QED) is 0.611. The molecule has 2 aromatic carbocycles. The number of methoxy groups -OCH3 is 1. The molecule has 0 saturated carbocycles. The fourth-order valence-corrected chi connectivity index (χ4v) is 2.78. The molecule has 0 atom stereocenters. The normalized spacial score (nSPS) is 10.4. The summed E-state index contributed by atoms with van der Waals surface area (Å²) in [5.74, 6) is 1.31. The molecule has 3 aromatic rings. The van der Waals surface area contributed by atoms with Crippen LogP contribution >= 0.6 is 0 Å². The second-order valence-electron chi connectivity index (χ2n) is 6.52. The summed E-state index contributed by atoms with van der Waals surface area (Å²) < 4.78 is 18.1. The highest BCUT2D eigenvalue weighted by Crippen LogP contribution is 2.12. The molecular formula is C22H23FN4O2. The van der Waals surface area contributed by atoms with E-state index >= 15 is 0 Å². The minimum absolute atomic E-state index is 0.284. The Labute approximate surface area is 169 Å². The van der Waals surface area contributed by atoms with E-state index in [1.54, 1.807) is 32.2 Å². The number of nitrogens with one attached hydrogen (secondary N) is 2. The largest absolute Gasteiger partial charge is 0.497 e. The van der Waals surface area contributed by atoms with Crippen LogP contribution in [0.4, 0.5) is 10.2 Å². The Hall–Kier alpha value is -3.48. The Morgan fingerprint density at radius 1 is 1.03 bits per heavy atom. The molecule has 2 N–H and O–H groups in total. The zero-order valence-corrected chi connectivity index (χ0v) is 16.4. The zero-order chi connectivity index (χ0) is 20.6. The number of benzene rings is 2. The zero-order valence-electron chi connectivity index (χ0n) is 16.4. The van der Waals surface area contributed by atoms with E-state index in [9.17, 15) is 9.18 Å². The van der Waals surface area contributed by atoms with Gasteiger partial charge in [-0.2, -0.15) is 0 Å². The molecule has 0 aliphatic heterocycles. The molecule has 0 bridgehead atoms. The van der Waals surface area contributed by atoms with Crippen LogP contribution in [-0.4, -0.2) is 29.5 Å². The molecule has 29 heavy (non-hydrogen) atoms. The standard InChI is InChI=1S/C22H23FN4O2/c1-15-26-20(22(28)25-14-17-3-7-18(23)8-4-17)13-21(27-15)24-12-11-16-5-9-19(29-2)10-6-16/h3-10,13H,11-12,14H2,1-2H3,(H,25,28)(H,24,26,27). The van der Waals surface area contributed by atoms with Crippen LogP contribution in [0, 0.1) is 12.7 Å². The number of hydrogen-bond donors (Lipinski definition) is 2. The molecule has 1 heterocycles. The van der Waals surface area contributed by atoms with Gasteiger partial charge < -0.3 is 15.4 Å². The van der Waals surface area contributed by atoms with E-state index in [1.165, 1.54) is 17.7 Å². The summed E-state index contributed by atoms with van der Waals surface area (Å²) in [6.07, 6.45) is 0.805. The minimum atomic E-state index is -0.308. The fourth-order valence-electron chi connectivity index (χ4n) is 2.78. The topological polar surface area (TPSA) is 76.1 Å². The van der Waals surface area contributed by atoms with Crippen molar-refractivity contribution in [2.45, 2.75) is 19.9 Å². The Bertz CT molecular complexity index is 960. The van der Waals surface area contributed by atoms with Crippen molar-refractivity contribution in [2.75, 3.05) is 19.0 Å². The third-order valence-electron chi connectivity index (χ3n) is 4.32. The number of halogens is 1. The molecule has 7 heteroatoms. The number of nitrogens with zero attached hydrogens (tertiary/aromatic N) is 2. The second-order valence-corrected chi connectivity index (χ2v) is 6.52. The monoisotopic (exact) mass is 394 g/mol. The number of ether oxygens (including phenoxy) is 1. The number of aryl methyl sites for hydroxylation is 1. The second kappa shape index (κ2) is 9.64. The fraction of sp³-hybridized carbons (Fsp3) is 0.227. The number of carbonyl (C=O) groups is 1. The molecule has 1 aromatic heterocycles. The van der Waals surface area contributed by atoms with Gasteiger partial charge in [0.05, 0.1) is 7.11 Å². The van der Waals surface area contributed by atoms with E-state index in [2.05, 4.69) is 20.6 Å². The first kappa shape index (κ1) is 20.3. The number of amides is 1. The molecule has 0 unspecified atom stereocenters.